The van der Waals surface area contributed by atoms with Crippen molar-refractivity contribution in [3.8, 4) is 0 Å². The Hall–Kier alpha value is -2.70. The number of amides is 1. The van der Waals surface area contributed by atoms with Gasteiger partial charge in [-0.05, 0) is 24.1 Å². The van der Waals surface area contributed by atoms with Gasteiger partial charge in [0.1, 0.15) is 10.7 Å². The molecule has 4 rings (SSSR count). The van der Waals surface area contributed by atoms with Crippen molar-refractivity contribution in [2.45, 2.75) is 12.5 Å². The van der Waals surface area contributed by atoms with Gasteiger partial charge in [-0.15, -0.1) is 11.3 Å². The quantitative estimate of drug-likeness (QED) is 0.723. The molecule has 144 valence electrons. The Labute approximate surface area is 169 Å². The molecule has 0 spiro atoms. The number of carbonyl (C=O) groups is 1. The molecule has 2 aromatic carbocycles. The Morgan fingerprint density at radius 3 is 2.32 bits per heavy atom. The normalized spacial score (nSPS) is 15.5. The lowest BCUT2D eigenvalue weighted by molar-refractivity contribution is 0.0741. The minimum absolute atomic E-state index is 0.00197. The third kappa shape index (κ3) is 4.24. The first-order valence-corrected chi connectivity index (χ1v) is 10.4. The molecule has 1 aliphatic rings. The van der Waals surface area contributed by atoms with Crippen molar-refractivity contribution in [3.05, 3.63) is 82.3 Å². The van der Waals surface area contributed by atoms with Crippen molar-refractivity contribution in [3.63, 3.8) is 0 Å². The summed E-state index contributed by atoms with van der Waals surface area (Å²) in [5, 5.41) is 2.65. The summed E-state index contributed by atoms with van der Waals surface area (Å²) >= 11 is 1.47. The molecule has 1 fully saturated rings. The summed E-state index contributed by atoms with van der Waals surface area (Å²) in [5.41, 5.74) is 9.21. The number of nitrogens with zero attached hydrogens (tertiary/aromatic N) is 3. The standard InChI is InChI=1S/C22H24N4OS/c23-19(15-17-7-3-1-4-8-17)21-24-20(16-28-21)22(27)26-13-11-25(12-14-26)18-9-5-2-6-10-18/h1-10,16,19H,11-15,23H2. The Morgan fingerprint density at radius 1 is 1.00 bits per heavy atom. The highest BCUT2D eigenvalue weighted by molar-refractivity contribution is 7.09. The molecule has 1 unspecified atom stereocenters. The van der Waals surface area contributed by atoms with Crippen molar-refractivity contribution < 1.29 is 4.79 Å². The van der Waals surface area contributed by atoms with Gasteiger partial charge in [-0.2, -0.15) is 0 Å². The summed E-state index contributed by atoms with van der Waals surface area (Å²) in [4.78, 5) is 21.6. The maximum absolute atomic E-state index is 12.8. The first-order chi connectivity index (χ1) is 13.7. The average molecular weight is 393 g/mol. The van der Waals surface area contributed by atoms with Crippen LogP contribution in [-0.2, 0) is 6.42 Å². The van der Waals surface area contributed by atoms with Gasteiger partial charge in [0.15, 0.2) is 0 Å². The lowest BCUT2D eigenvalue weighted by atomic mass is 10.1. The van der Waals surface area contributed by atoms with E-state index in [4.69, 9.17) is 5.73 Å². The maximum atomic E-state index is 12.8. The minimum Gasteiger partial charge on any atom is -0.368 e. The predicted molar refractivity (Wildman–Crippen MR) is 114 cm³/mol. The van der Waals surface area contributed by atoms with Crippen LogP contribution in [0.1, 0.15) is 27.1 Å². The molecule has 1 aromatic heterocycles. The van der Waals surface area contributed by atoms with Crippen LogP contribution >= 0.6 is 11.3 Å². The molecule has 5 nitrogen and oxygen atoms in total. The van der Waals surface area contributed by atoms with Gasteiger partial charge in [0.25, 0.3) is 5.91 Å². The Bertz CT molecular complexity index is 905. The molecule has 1 atom stereocenters. The number of thiazole rings is 1. The van der Waals surface area contributed by atoms with Crippen LogP contribution in [-0.4, -0.2) is 42.0 Å². The van der Waals surface area contributed by atoms with Gasteiger partial charge in [-0.1, -0.05) is 48.5 Å². The van der Waals surface area contributed by atoms with Crippen molar-refractivity contribution in [1.29, 1.82) is 0 Å². The molecule has 28 heavy (non-hydrogen) atoms. The monoisotopic (exact) mass is 392 g/mol. The minimum atomic E-state index is -0.191. The van der Waals surface area contributed by atoms with Crippen LogP contribution in [0.4, 0.5) is 5.69 Å². The lowest BCUT2D eigenvalue weighted by Crippen LogP contribution is -2.48. The first kappa shape index (κ1) is 18.7. The molecule has 1 saturated heterocycles. The van der Waals surface area contributed by atoms with Gasteiger partial charge < -0.3 is 15.5 Å². The number of para-hydroxylation sites is 1. The summed E-state index contributed by atoms with van der Waals surface area (Å²) in [6, 6.07) is 20.3. The second-order valence-corrected chi connectivity index (χ2v) is 7.87. The number of carbonyl (C=O) groups excluding carboxylic acids is 1. The molecule has 6 heteroatoms. The van der Waals surface area contributed by atoms with E-state index in [0.29, 0.717) is 18.8 Å². The van der Waals surface area contributed by atoms with Gasteiger partial charge in [-0.25, -0.2) is 4.98 Å². The molecular weight excluding hydrogens is 368 g/mol. The summed E-state index contributed by atoms with van der Waals surface area (Å²) < 4.78 is 0. The second kappa shape index (κ2) is 8.54. The number of hydrogen-bond donors (Lipinski definition) is 1. The van der Waals surface area contributed by atoms with Gasteiger partial charge in [0.05, 0.1) is 6.04 Å². The number of nitrogens with two attached hydrogens (primary N) is 1. The number of piperazine rings is 1. The van der Waals surface area contributed by atoms with Crippen molar-refractivity contribution in [1.82, 2.24) is 9.88 Å². The van der Waals surface area contributed by atoms with E-state index in [2.05, 4.69) is 34.1 Å². The molecule has 2 heterocycles. The highest BCUT2D eigenvalue weighted by atomic mass is 32.1. The highest BCUT2D eigenvalue weighted by Gasteiger charge is 2.24. The van der Waals surface area contributed by atoms with Crippen LogP contribution in [0.3, 0.4) is 0 Å². The van der Waals surface area contributed by atoms with E-state index >= 15 is 0 Å². The molecular formula is C22H24N4OS. The zero-order valence-corrected chi connectivity index (χ0v) is 16.5. The van der Waals surface area contributed by atoms with Crippen molar-refractivity contribution in [2.24, 2.45) is 5.73 Å². The van der Waals surface area contributed by atoms with Crippen LogP contribution in [0.5, 0.6) is 0 Å². The second-order valence-electron chi connectivity index (χ2n) is 6.98. The van der Waals surface area contributed by atoms with E-state index in [-0.39, 0.29) is 11.9 Å². The fourth-order valence-electron chi connectivity index (χ4n) is 3.48. The number of aromatic nitrogens is 1. The van der Waals surface area contributed by atoms with E-state index in [1.165, 1.54) is 22.6 Å². The number of hydrogen-bond acceptors (Lipinski definition) is 5. The molecule has 3 aromatic rings. The molecule has 0 radical (unpaired) electrons. The van der Waals surface area contributed by atoms with E-state index in [1.54, 1.807) is 0 Å². The van der Waals surface area contributed by atoms with Crippen LogP contribution in [0.15, 0.2) is 66.0 Å². The first-order valence-electron chi connectivity index (χ1n) is 9.55. The van der Waals surface area contributed by atoms with Gasteiger partial charge in [0.2, 0.25) is 0 Å². The lowest BCUT2D eigenvalue weighted by Gasteiger charge is -2.35. The SMILES string of the molecule is NC(Cc1ccccc1)c1nc(C(=O)N2CCN(c3ccccc3)CC2)cs1. The zero-order chi connectivity index (χ0) is 19.3. The van der Waals surface area contributed by atoms with E-state index in [1.807, 2.05) is 46.7 Å². The molecule has 0 bridgehead atoms. The summed E-state index contributed by atoms with van der Waals surface area (Å²) in [6.07, 6.45) is 0.720. The Morgan fingerprint density at radius 2 is 1.64 bits per heavy atom. The van der Waals surface area contributed by atoms with Crippen LogP contribution in [0, 0.1) is 0 Å². The molecule has 0 aliphatic carbocycles. The van der Waals surface area contributed by atoms with Gasteiger partial charge in [-0.3, -0.25) is 4.79 Å². The van der Waals surface area contributed by atoms with Gasteiger partial charge >= 0.3 is 0 Å². The third-order valence-corrected chi connectivity index (χ3v) is 6.02. The summed E-state index contributed by atoms with van der Waals surface area (Å²) in [6.45, 7) is 3.08. The average Bonchev–Trinajstić information content (AvgIpc) is 3.25. The Balaban J connectivity index is 1.36. The van der Waals surface area contributed by atoms with Crippen LogP contribution in [0.2, 0.25) is 0 Å². The van der Waals surface area contributed by atoms with E-state index in [0.717, 1.165) is 24.5 Å². The smallest absolute Gasteiger partial charge is 0.273 e. The molecule has 1 amide bonds. The molecule has 1 aliphatic heterocycles. The molecule has 0 saturated carbocycles. The summed E-state index contributed by atoms with van der Waals surface area (Å²) in [5.74, 6) is 0.00197. The number of rotatable bonds is 5. The summed E-state index contributed by atoms with van der Waals surface area (Å²) in [7, 11) is 0. The maximum Gasteiger partial charge on any atom is 0.273 e. The fraction of sp³-hybridized carbons (Fsp3) is 0.273. The Kier molecular flexibility index (Phi) is 5.69. The van der Waals surface area contributed by atoms with Crippen molar-refractivity contribution in [2.75, 3.05) is 31.1 Å². The highest BCUT2D eigenvalue weighted by Crippen LogP contribution is 2.22. The number of benzene rings is 2. The van der Waals surface area contributed by atoms with Gasteiger partial charge in [0, 0.05) is 37.2 Å². The van der Waals surface area contributed by atoms with Crippen LogP contribution < -0.4 is 10.6 Å². The van der Waals surface area contributed by atoms with E-state index < -0.39 is 0 Å². The number of anilines is 1. The third-order valence-electron chi connectivity index (χ3n) is 5.04. The fourth-order valence-corrected chi connectivity index (χ4v) is 4.28. The van der Waals surface area contributed by atoms with Crippen molar-refractivity contribution >= 4 is 22.9 Å². The van der Waals surface area contributed by atoms with E-state index in [9.17, 15) is 4.79 Å². The predicted octanol–water partition coefficient (Wildman–Crippen LogP) is 3.35. The molecule has 2 N–H and O–H groups in total. The van der Waals surface area contributed by atoms with Crippen LogP contribution in [0.25, 0.3) is 0 Å². The largest absolute Gasteiger partial charge is 0.368 e. The zero-order valence-electron chi connectivity index (χ0n) is 15.7. The topological polar surface area (TPSA) is 62.5 Å².